The molecule has 6 heteroatoms. The molecule has 22 heavy (non-hydrogen) atoms. The number of halogens is 1. The highest BCUT2D eigenvalue weighted by atomic mass is 32.1. The molecule has 1 aromatic carbocycles. The molecule has 0 aliphatic heterocycles. The van der Waals surface area contributed by atoms with Crippen LogP contribution in [0.5, 0.6) is 0 Å². The van der Waals surface area contributed by atoms with Gasteiger partial charge in [0.25, 0.3) is 0 Å². The summed E-state index contributed by atoms with van der Waals surface area (Å²) in [5, 5.41) is 0. The number of pyridine rings is 1. The highest BCUT2D eigenvalue weighted by Gasteiger charge is 2.18. The van der Waals surface area contributed by atoms with E-state index in [4.69, 9.17) is 0 Å². The average Bonchev–Trinajstić information content (AvgIpc) is 2.97. The Morgan fingerprint density at radius 3 is 2.77 bits per heavy atom. The van der Waals surface area contributed by atoms with Crippen molar-refractivity contribution in [1.29, 1.82) is 0 Å². The second-order valence-electron chi connectivity index (χ2n) is 4.67. The van der Waals surface area contributed by atoms with Crippen LogP contribution in [-0.2, 0) is 22.3 Å². The van der Waals surface area contributed by atoms with Gasteiger partial charge in [-0.15, -0.1) is 0 Å². The Kier molecular flexibility index (Phi) is 4.29. The Labute approximate surface area is 131 Å². The minimum atomic E-state index is -0.325. The Morgan fingerprint density at radius 2 is 2.05 bits per heavy atom. The van der Waals surface area contributed by atoms with Gasteiger partial charge in [-0.25, -0.2) is 9.37 Å². The SMILES string of the molecule is O=[S+]CCc1c(-c2cccnc2)ncn1-c1ccccc1F. The van der Waals surface area contributed by atoms with E-state index in [1.54, 1.807) is 41.5 Å². The summed E-state index contributed by atoms with van der Waals surface area (Å²) in [5.41, 5.74) is 2.81. The first-order chi connectivity index (χ1) is 10.8. The van der Waals surface area contributed by atoms with Crippen LogP contribution in [0.3, 0.4) is 0 Å². The number of rotatable bonds is 5. The lowest BCUT2D eigenvalue weighted by atomic mass is 10.1. The quantitative estimate of drug-likeness (QED) is 0.680. The minimum absolute atomic E-state index is 0.325. The molecule has 3 rings (SSSR count). The second kappa shape index (κ2) is 6.53. The lowest BCUT2D eigenvalue weighted by Crippen LogP contribution is -2.04. The molecule has 0 bridgehead atoms. The number of hydrogen-bond donors (Lipinski definition) is 0. The van der Waals surface area contributed by atoms with Gasteiger partial charge in [-0.3, -0.25) is 9.55 Å². The van der Waals surface area contributed by atoms with Gasteiger partial charge in [-0.05, 0) is 24.3 Å². The molecule has 2 heterocycles. The van der Waals surface area contributed by atoms with Gasteiger partial charge >= 0.3 is 11.7 Å². The van der Waals surface area contributed by atoms with E-state index < -0.39 is 0 Å². The van der Waals surface area contributed by atoms with E-state index in [1.807, 2.05) is 12.1 Å². The molecule has 2 aromatic heterocycles. The van der Waals surface area contributed by atoms with Gasteiger partial charge in [0.2, 0.25) is 5.75 Å². The van der Waals surface area contributed by atoms with Crippen LogP contribution < -0.4 is 0 Å². The molecule has 0 atom stereocenters. The molecular weight excluding hydrogens is 301 g/mol. The van der Waals surface area contributed by atoms with Gasteiger partial charge in [0.15, 0.2) is 0 Å². The second-order valence-corrected chi connectivity index (χ2v) is 5.32. The summed E-state index contributed by atoms with van der Waals surface area (Å²) < 4.78 is 26.6. The van der Waals surface area contributed by atoms with Gasteiger partial charge in [0.1, 0.15) is 12.1 Å². The zero-order chi connectivity index (χ0) is 15.4. The molecule has 110 valence electrons. The molecule has 0 saturated carbocycles. The van der Waals surface area contributed by atoms with Crippen molar-refractivity contribution >= 4 is 11.7 Å². The van der Waals surface area contributed by atoms with Crippen molar-refractivity contribution in [2.45, 2.75) is 6.42 Å². The van der Waals surface area contributed by atoms with Crippen LogP contribution in [0.1, 0.15) is 5.69 Å². The largest absolute Gasteiger partial charge is 0.459 e. The van der Waals surface area contributed by atoms with E-state index in [1.165, 1.54) is 6.07 Å². The molecule has 0 saturated heterocycles. The number of imidazole rings is 1. The molecular formula is C16H13FN3OS+. The summed E-state index contributed by atoms with van der Waals surface area (Å²) in [5.74, 6) is 0.0709. The van der Waals surface area contributed by atoms with Crippen LogP contribution in [0, 0.1) is 5.82 Å². The van der Waals surface area contributed by atoms with Crippen molar-refractivity contribution in [2.24, 2.45) is 0 Å². The molecule has 0 unspecified atom stereocenters. The van der Waals surface area contributed by atoms with E-state index in [-0.39, 0.29) is 5.82 Å². The molecule has 0 radical (unpaired) electrons. The summed E-state index contributed by atoms with van der Waals surface area (Å²) >= 11 is 0.511. The summed E-state index contributed by atoms with van der Waals surface area (Å²) in [6.07, 6.45) is 5.49. The summed E-state index contributed by atoms with van der Waals surface area (Å²) in [4.78, 5) is 8.49. The number of para-hydroxylation sites is 1. The van der Waals surface area contributed by atoms with Crippen molar-refractivity contribution in [1.82, 2.24) is 14.5 Å². The van der Waals surface area contributed by atoms with Crippen LogP contribution in [0.25, 0.3) is 16.9 Å². The van der Waals surface area contributed by atoms with Gasteiger partial charge in [0.05, 0.1) is 17.1 Å². The minimum Gasteiger partial charge on any atom is -0.299 e. The first-order valence-corrected chi connectivity index (χ1v) is 7.68. The third-order valence-corrected chi connectivity index (χ3v) is 3.71. The van der Waals surface area contributed by atoms with Crippen LogP contribution in [0.15, 0.2) is 55.1 Å². The maximum atomic E-state index is 14.1. The zero-order valence-corrected chi connectivity index (χ0v) is 12.5. The zero-order valence-electron chi connectivity index (χ0n) is 11.6. The fourth-order valence-electron chi connectivity index (χ4n) is 2.35. The van der Waals surface area contributed by atoms with Gasteiger partial charge in [0, 0.05) is 28.6 Å². The standard InChI is InChI=1S/C16H13FN3OS/c17-13-5-1-2-6-14(13)20-11-19-16(15(20)7-9-22-21)12-4-3-8-18-10-12/h1-6,8,10-11H,7,9H2/q+1. The van der Waals surface area contributed by atoms with Crippen molar-refractivity contribution in [3.05, 3.63) is 66.6 Å². The smallest absolute Gasteiger partial charge is 0.299 e. The molecule has 0 fully saturated rings. The van der Waals surface area contributed by atoms with Crippen molar-refractivity contribution < 1.29 is 8.60 Å². The number of benzene rings is 1. The van der Waals surface area contributed by atoms with E-state index in [9.17, 15) is 8.60 Å². The van der Waals surface area contributed by atoms with Gasteiger partial charge < -0.3 is 0 Å². The van der Waals surface area contributed by atoms with E-state index >= 15 is 0 Å². The lowest BCUT2D eigenvalue weighted by molar-refractivity contribution is 0.604. The Hall–Kier alpha value is -2.47. The summed E-state index contributed by atoms with van der Waals surface area (Å²) in [6.45, 7) is 0. The van der Waals surface area contributed by atoms with Crippen LogP contribution in [-0.4, -0.2) is 20.3 Å². The Balaban J connectivity index is 2.13. The van der Waals surface area contributed by atoms with Crippen LogP contribution in [0.2, 0.25) is 0 Å². The van der Waals surface area contributed by atoms with Gasteiger partial charge in [-0.2, -0.15) is 0 Å². The average molecular weight is 314 g/mol. The van der Waals surface area contributed by atoms with Crippen LogP contribution in [0.4, 0.5) is 4.39 Å². The number of hydrogen-bond acceptors (Lipinski definition) is 3. The fraction of sp³-hybridized carbons (Fsp3) is 0.125. The van der Waals surface area contributed by atoms with E-state index in [0.717, 1.165) is 17.0 Å². The van der Waals surface area contributed by atoms with Crippen molar-refractivity contribution in [3.8, 4) is 16.9 Å². The first kappa shape index (κ1) is 14.5. The highest BCUT2D eigenvalue weighted by molar-refractivity contribution is 7.65. The normalized spacial score (nSPS) is 10.6. The van der Waals surface area contributed by atoms with Crippen molar-refractivity contribution in [3.63, 3.8) is 0 Å². The van der Waals surface area contributed by atoms with Gasteiger partial charge in [-0.1, -0.05) is 12.1 Å². The molecule has 3 aromatic rings. The Bertz CT molecular complexity index is 789. The highest BCUT2D eigenvalue weighted by Crippen LogP contribution is 2.25. The van der Waals surface area contributed by atoms with E-state index in [2.05, 4.69) is 9.97 Å². The molecule has 0 aliphatic carbocycles. The third-order valence-electron chi connectivity index (χ3n) is 3.34. The molecule has 0 amide bonds. The van der Waals surface area contributed by atoms with Crippen LogP contribution >= 0.6 is 0 Å². The predicted octanol–water partition coefficient (Wildman–Crippen LogP) is 3.04. The molecule has 0 N–H and O–H groups in total. The predicted molar refractivity (Wildman–Crippen MR) is 83.4 cm³/mol. The summed E-state index contributed by atoms with van der Waals surface area (Å²) in [6, 6.07) is 10.2. The number of nitrogens with zero attached hydrogens (tertiary/aromatic N) is 3. The fourth-order valence-corrected chi connectivity index (χ4v) is 2.63. The topological polar surface area (TPSA) is 47.8 Å². The molecule has 0 spiro atoms. The Morgan fingerprint density at radius 1 is 1.18 bits per heavy atom. The number of aromatic nitrogens is 3. The van der Waals surface area contributed by atoms with Crippen molar-refractivity contribution in [2.75, 3.05) is 5.75 Å². The third kappa shape index (κ3) is 2.78. The lowest BCUT2D eigenvalue weighted by Gasteiger charge is -2.09. The molecule has 4 nitrogen and oxygen atoms in total. The first-order valence-electron chi connectivity index (χ1n) is 6.77. The maximum Gasteiger partial charge on any atom is 0.459 e. The summed E-state index contributed by atoms with van der Waals surface area (Å²) in [7, 11) is 0. The maximum absolute atomic E-state index is 14.1. The monoisotopic (exact) mass is 314 g/mol. The van der Waals surface area contributed by atoms with E-state index in [0.29, 0.717) is 29.5 Å². The molecule has 0 aliphatic rings.